The second kappa shape index (κ2) is 4.04. The van der Waals surface area contributed by atoms with Gasteiger partial charge in [-0.25, -0.2) is 0 Å². The van der Waals surface area contributed by atoms with Crippen molar-refractivity contribution < 1.29 is 13.0 Å². The molecule has 0 aromatic rings. The minimum atomic E-state index is -3.91. The molecular weight excluding hydrogens is 166 g/mol. The molecule has 0 saturated heterocycles. The van der Waals surface area contributed by atoms with E-state index in [1.165, 1.54) is 6.92 Å². The lowest BCUT2D eigenvalue weighted by atomic mass is 10.2. The van der Waals surface area contributed by atoms with Crippen LogP contribution in [-0.4, -0.2) is 24.9 Å². The molecule has 0 aliphatic heterocycles. The average molecular weight is 181 g/mol. The lowest BCUT2D eigenvalue weighted by molar-refractivity contribution is 0.446. The second-order valence-electron chi connectivity index (χ2n) is 2.96. The highest BCUT2D eigenvalue weighted by Gasteiger charge is 2.15. The maximum Gasteiger partial charge on any atom is 0.280 e. The summed E-state index contributed by atoms with van der Waals surface area (Å²) in [6, 6.07) is 0. The largest absolute Gasteiger partial charge is 0.299 e. The first-order valence-electron chi connectivity index (χ1n) is 3.53. The van der Waals surface area contributed by atoms with Crippen LogP contribution in [0.2, 0.25) is 0 Å². The Kier molecular flexibility index (Phi) is 3.99. The molecule has 0 aliphatic rings. The van der Waals surface area contributed by atoms with E-state index in [-0.39, 0.29) is 0 Å². The van der Waals surface area contributed by atoms with Crippen LogP contribution in [0.5, 0.6) is 0 Å². The Balaban J connectivity index is 3.81. The Morgan fingerprint density at radius 2 is 1.82 bits per heavy atom. The smallest absolute Gasteiger partial charge is 0.280 e. The zero-order valence-electron chi connectivity index (χ0n) is 7.03. The van der Waals surface area contributed by atoms with Crippen LogP contribution in [-0.2, 0) is 10.1 Å². The van der Waals surface area contributed by atoms with E-state index in [4.69, 9.17) is 4.55 Å². The Hall–Kier alpha value is -0.130. The Morgan fingerprint density at radius 3 is 2.09 bits per heavy atom. The Labute approximate surface area is 67.7 Å². The standard InChI is InChI=1S/C6H15NO3S/c1-5(2)4-7-6(3)11(8,9)10/h5-7H,4H2,1-3H3,(H,8,9,10). The number of hydrogen-bond donors (Lipinski definition) is 2. The van der Waals surface area contributed by atoms with E-state index >= 15 is 0 Å². The summed E-state index contributed by atoms with van der Waals surface area (Å²) in [5.74, 6) is 0.374. The lowest BCUT2D eigenvalue weighted by Gasteiger charge is -2.11. The van der Waals surface area contributed by atoms with Crippen molar-refractivity contribution in [1.29, 1.82) is 0 Å². The third-order valence-corrected chi connectivity index (χ3v) is 2.32. The molecule has 0 fully saturated rings. The van der Waals surface area contributed by atoms with Crippen LogP contribution >= 0.6 is 0 Å². The first-order valence-corrected chi connectivity index (χ1v) is 5.04. The molecule has 0 heterocycles. The third-order valence-electron chi connectivity index (χ3n) is 1.26. The molecule has 0 aromatic carbocycles. The molecule has 0 saturated carbocycles. The molecular formula is C6H15NO3S. The molecule has 1 unspecified atom stereocenters. The molecule has 68 valence electrons. The van der Waals surface area contributed by atoms with Crippen LogP contribution in [0.4, 0.5) is 0 Å². The van der Waals surface area contributed by atoms with Gasteiger partial charge < -0.3 is 0 Å². The van der Waals surface area contributed by atoms with Crippen LogP contribution in [0.25, 0.3) is 0 Å². The number of rotatable bonds is 4. The summed E-state index contributed by atoms with van der Waals surface area (Å²) in [6.45, 7) is 5.92. The van der Waals surface area contributed by atoms with E-state index in [1.807, 2.05) is 13.8 Å². The van der Waals surface area contributed by atoms with E-state index < -0.39 is 15.5 Å². The fourth-order valence-electron chi connectivity index (χ4n) is 0.507. The van der Waals surface area contributed by atoms with E-state index in [1.54, 1.807) is 0 Å². The van der Waals surface area contributed by atoms with Gasteiger partial charge in [0.05, 0.1) is 0 Å². The molecule has 11 heavy (non-hydrogen) atoms. The highest BCUT2D eigenvalue weighted by atomic mass is 32.2. The van der Waals surface area contributed by atoms with Gasteiger partial charge in [0.2, 0.25) is 0 Å². The van der Waals surface area contributed by atoms with E-state index in [0.29, 0.717) is 12.5 Å². The summed E-state index contributed by atoms with van der Waals surface area (Å²) in [5.41, 5.74) is 0. The van der Waals surface area contributed by atoms with Crippen molar-refractivity contribution in [3.8, 4) is 0 Å². The zero-order chi connectivity index (χ0) is 9.07. The van der Waals surface area contributed by atoms with Gasteiger partial charge in [0, 0.05) is 0 Å². The topological polar surface area (TPSA) is 66.4 Å². The van der Waals surface area contributed by atoms with Crippen molar-refractivity contribution in [2.75, 3.05) is 6.54 Å². The first kappa shape index (κ1) is 10.9. The minimum Gasteiger partial charge on any atom is -0.299 e. The summed E-state index contributed by atoms with van der Waals surface area (Å²) in [5, 5.41) is 1.81. The van der Waals surface area contributed by atoms with Gasteiger partial charge in [-0.15, -0.1) is 0 Å². The molecule has 4 nitrogen and oxygen atoms in total. The summed E-state index contributed by atoms with van der Waals surface area (Å²) in [4.78, 5) is 0. The molecule has 5 heteroatoms. The summed E-state index contributed by atoms with van der Waals surface area (Å²) in [6.07, 6.45) is 0. The summed E-state index contributed by atoms with van der Waals surface area (Å²) in [7, 11) is -3.91. The Bertz CT molecular complexity index is 198. The predicted molar refractivity (Wildman–Crippen MR) is 43.9 cm³/mol. The van der Waals surface area contributed by atoms with Gasteiger partial charge in [0.25, 0.3) is 10.1 Å². The molecule has 0 rings (SSSR count). The highest BCUT2D eigenvalue weighted by molar-refractivity contribution is 7.86. The van der Waals surface area contributed by atoms with Crippen LogP contribution < -0.4 is 5.32 Å². The molecule has 0 spiro atoms. The van der Waals surface area contributed by atoms with Gasteiger partial charge in [0.1, 0.15) is 5.37 Å². The van der Waals surface area contributed by atoms with Crippen molar-refractivity contribution in [2.45, 2.75) is 26.1 Å². The van der Waals surface area contributed by atoms with Crippen LogP contribution in [0.3, 0.4) is 0 Å². The van der Waals surface area contributed by atoms with E-state index in [0.717, 1.165) is 0 Å². The van der Waals surface area contributed by atoms with Gasteiger partial charge in [-0.1, -0.05) is 13.8 Å². The van der Waals surface area contributed by atoms with Crippen LogP contribution in [0, 0.1) is 5.92 Å². The first-order chi connectivity index (χ1) is 4.84. The maximum atomic E-state index is 10.4. The molecule has 0 radical (unpaired) electrons. The molecule has 0 aromatic heterocycles. The zero-order valence-corrected chi connectivity index (χ0v) is 7.85. The molecule has 2 N–H and O–H groups in total. The molecule has 0 amide bonds. The van der Waals surface area contributed by atoms with Gasteiger partial charge >= 0.3 is 0 Å². The van der Waals surface area contributed by atoms with Crippen molar-refractivity contribution in [3.05, 3.63) is 0 Å². The SMILES string of the molecule is CC(C)CNC(C)S(=O)(=O)O. The fraction of sp³-hybridized carbons (Fsp3) is 1.00. The summed E-state index contributed by atoms with van der Waals surface area (Å²) < 4.78 is 29.4. The van der Waals surface area contributed by atoms with Gasteiger partial charge in [-0.05, 0) is 19.4 Å². The van der Waals surface area contributed by atoms with Gasteiger partial charge in [-0.2, -0.15) is 8.42 Å². The van der Waals surface area contributed by atoms with Crippen LogP contribution in [0.1, 0.15) is 20.8 Å². The second-order valence-corrected chi connectivity index (χ2v) is 4.70. The van der Waals surface area contributed by atoms with Gasteiger partial charge in [0.15, 0.2) is 0 Å². The minimum absolute atomic E-state index is 0.374. The monoisotopic (exact) mass is 181 g/mol. The van der Waals surface area contributed by atoms with E-state index in [9.17, 15) is 8.42 Å². The normalized spacial score (nSPS) is 15.4. The van der Waals surface area contributed by atoms with Crippen molar-refractivity contribution >= 4 is 10.1 Å². The van der Waals surface area contributed by atoms with E-state index in [2.05, 4.69) is 5.32 Å². The van der Waals surface area contributed by atoms with Crippen molar-refractivity contribution in [3.63, 3.8) is 0 Å². The third kappa shape index (κ3) is 5.17. The Morgan fingerprint density at radius 1 is 1.36 bits per heavy atom. The van der Waals surface area contributed by atoms with Crippen molar-refractivity contribution in [2.24, 2.45) is 5.92 Å². The maximum absolute atomic E-state index is 10.4. The number of hydrogen-bond acceptors (Lipinski definition) is 3. The highest BCUT2D eigenvalue weighted by Crippen LogP contribution is 1.95. The molecule has 0 aliphatic carbocycles. The average Bonchev–Trinajstić information content (AvgIpc) is 1.80. The van der Waals surface area contributed by atoms with Gasteiger partial charge in [-0.3, -0.25) is 9.87 Å². The number of nitrogens with one attached hydrogen (secondary N) is 1. The summed E-state index contributed by atoms with van der Waals surface area (Å²) >= 11 is 0. The van der Waals surface area contributed by atoms with Crippen LogP contribution in [0.15, 0.2) is 0 Å². The predicted octanol–water partition coefficient (Wildman–Crippen LogP) is 0.466. The van der Waals surface area contributed by atoms with Crippen molar-refractivity contribution in [1.82, 2.24) is 5.32 Å². The molecule has 1 atom stereocenters. The fourth-order valence-corrected chi connectivity index (χ4v) is 0.814. The molecule has 0 bridgehead atoms. The quantitative estimate of drug-likeness (QED) is 0.618. The lowest BCUT2D eigenvalue weighted by Crippen LogP contribution is -2.35.